The Labute approximate surface area is 81.7 Å². The van der Waals surface area contributed by atoms with Gasteiger partial charge in [-0.05, 0) is 45.9 Å². The van der Waals surface area contributed by atoms with Crippen LogP contribution in [-0.2, 0) is 0 Å². The van der Waals surface area contributed by atoms with Gasteiger partial charge in [0.05, 0.1) is 0 Å². The molecular formula is C10H23N3. The third kappa shape index (κ3) is 2.66. The van der Waals surface area contributed by atoms with Crippen molar-refractivity contribution in [1.29, 1.82) is 0 Å². The molecule has 3 heteroatoms. The van der Waals surface area contributed by atoms with Gasteiger partial charge in [-0.1, -0.05) is 6.92 Å². The molecule has 1 aliphatic heterocycles. The highest BCUT2D eigenvalue weighted by Gasteiger charge is 2.30. The minimum atomic E-state index is 0.226. The highest BCUT2D eigenvalue weighted by molar-refractivity contribution is 4.92. The Morgan fingerprint density at radius 3 is 2.38 bits per heavy atom. The van der Waals surface area contributed by atoms with Crippen LogP contribution in [-0.4, -0.2) is 43.7 Å². The summed E-state index contributed by atoms with van der Waals surface area (Å²) in [6, 6.07) is 0. The lowest BCUT2D eigenvalue weighted by Gasteiger charge is -2.41. The maximum atomic E-state index is 5.79. The van der Waals surface area contributed by atoms with E-state index in [9.17, 15) is 0 Å². The van der Waals surface area contributed by atoms with Crippen molar-refractivity contribution in [2.24, 2.45) is 5.73 Å². The largest absolute Gasteiger partial charge is 0.329 e. The van der Waals surface area contributed by atoms with Gasteiger partial charge in [-0.25, -0.2) is 0 Å². The third-order valence-electron chi connectivity index (χ3n) is 3.27. The number of nitrogens with zero attached hydrogens (tertiary/aromatic N) is 1. The van der Waals surface area contributed by atoms with E-state index in [-0.39, 0.29) is 5.54 Å². The first-order valence-corrected chi connectivity index (χ1v) is 5.37. The van der Waals surface area contributed by atoms with Crippen LogP contribution in [0.15, 0.2) is 0 Å². The summed E-state index contributed by atoms with van der Waals surface area (Å²) in [5.74, 6) is 0. The Balaban J connectivity index is 2.36. The molecule has 1 aliphatic rings. The summed E-state index contributed by atoms with van der Waals surface area (Å²) in [5, 5.41) is 3.38. The van der Waals surface area contributed by atoms with Crippen LogP contribution in [0.5, 0.6) is 0 Å². The number of hydrogen-bond donors (Lipinski definition) is 2. The average molecular weight is 185 g/mol. The lowest BCUT2D eigenvalue weighted by Crippen LogP contribution is -2.56. The molecule has 0 aromatic heterocycles. The highest BCUT2D eigenvalue weighted by atomic mass is 15.2. The molecule has 0 atom stereocenters. The molecule has 13 heavy (non-hydrogen) atoms. The molecule has 0 bridgehead atoms. The first-order chi connectivity index (χ1) is 6.26. The Bertz CT molecular complexity index is 133. The first kappa shape index (κ1) is 11.0. The molecule has 1 heterocycles. The van der Waals surface area contributed by atoms with Crippen molar-refractivity contribution >= 4 is 0 Å². The number of rotatable bonds is 4. The lowest BCUT2D eigenvalue weighted by atomic mass is 9.88. The van der Waals surface area contributed by atoms with Crippen molar-refractivity contribution in [3.05, 3.63) is 0 Å². The van der Waals surface area contributed by atoms with E-state index in [1.165, 1.54) is 38.9 Å². The van der Waals surface area contributed by atoms with Gasteiger partial charge in [0, 0.05) is 12.1 Å². The molecule has 3 nitrogen and oxygen atoms in total. The Hall–Kier alpha value is -0.120. The van der Waals surface area contributed by atoms with Gasteiger partial charge in [-0.15, -0.1) is 0 Å². The van der Waals surface area contributed by atoms with Crippen LogP contribution in [0, 0.1) is 0 Å². The van der Waals surface area contributed by atoms with Crippen LogP contribution < -0.4 is 11.1 Å². The summed E-state index contributed by atoms with van der Waals surface area (Å²) in [6.45, 7) is 6.65. The fourth-order valence-corrected chi connectivity index (χ4v) is 2.08. The number of likely N-dealkylation sites (tertiary alicyclic amines) is 1. The fraction of sp³-hybridized carbons (Fsp3) is 1.00. The standard InChI is InChI=1S/C10H23N3/c1-3-6-13-7-4-10(9-11,12-2)5-8-13/h12H,3-9,11H2,1-2H3. The zero-order valence-electron chi connectivity index (χ0n) is 8.97. The maximum Gasteiger partial charge on any atom is 0.0325 e. The van der Waals surface area contributed by atoms with Crippen molar-refractivity contribution in [3.8, 4) is 0 Å². The summed E-state index contributed by atoms with van der Waals surface area (Å²) in [6.07, 6.45) is 3.65. The number of nitrogens with one attached hydrogen (secondary N) is 1. The molecule has 1 saturated heterocycles. The van der Waals surface area contributed by atoms with Crippen molar-refractivity contribution in [2.75, 3.05) is 33.2 Å². The van der Waals surface area contributed by atoms with Gasteiger partial charge < -0.3 is 16.0 Å². The summed E-state index contributed by atoms with van der Waals surface area (Å²) in [7, 11) is 2.03. The minimum absolute atomic E-state index is 0.226. The van der Waals surface area contributed by atoms with Crippen LogP contribution in [0.25, 0.3) is 0 Å². The second-order valence-corrected chi connectivity index (χ2v) is 4.08. The Kier molecular flexibility index (Phi) is 4.16. The van der Waals surface area contributed by atoms with Crippen LogP contribution in [0.3, 0.4) is 0 Å². The van der Waals surface area contributed by atoms with Crippen molar-refractivity contribution < 1.29 is 0 Å². The highest BCUT2D eigenvalue weighted by Crippen LogP contribution is 2.20. The zero-order chi connectivity index (χ0) is 9.73. The van der Waals surface area contributed by atoms with Crippen molar-refractivity contribution in [3.63, 3.8) is 0 Å². The molecular weight excluding hydrogens is 162 g/mol. The predicted molar refractivity (Wildman–Crippen MR) is 56.8 cm³/mol. The monoisotopic (exact) mass is 185 g/mol. The molecule has 0 radical (unpaired) electrons. The number of likely N-dealkylation sites (N-methyl/N-ethyl adjacent to an activating group) is 1. The van der Waals surface area contributed by atoms with E-state index < -0.39 is 0 Å². The molecule has 1 fully saturated rings. The van der Waals surface area contributed by atoms with Crippen molar-refractivity contribution in [2.45, 2.75) is 31.7 Å². The summed E-state index contributed by atoms with van der Waals surface area (Å²) < 4.78 is 0. The van der Waals surface area contributed by atoms with E-state index in [0.29, 0.717) is 0 Å². The van der Waals surface area contributed by atoms with Gasteiger partial charge in [0.1, 0.15) is 0 Å². The van der Waals surface area contributed by atoms with Crippen LogP contribution in [0.4, 0.5) is 0 Å². The van der Waals surface area contributed by atoms with E-state index in [0.717, 1.165) is 6.54 Å². The second-order valence-electron chi connectivity index (χ2n) is 4.08. The van der Waals surface area contributed by atoms with E-state index in [2.05, 4.69) is 17.1 Å². The number of hydrogen-bond acceptors (Lipinski definition) is 3. The normalized spacial score (nSPS) is 23.3. The van der Waals surface area contributed by atoms with Gasteiger partial charge in [-0.2, -0.15) is 0 Å². The molecule has 1 rings (SSSR count). The van der Waals surface area contributed by atoms with E-state index >= 15 is 0 Å². The van der Waals surface area contributed by atoms with E-state index in [1.54, 1.807) is 0 Å². The predicted octanol–water partition coefficient (Wildman–Crippen LogP) is 0.409. The average Bonchev–Trinajstić information content (AvgIpc) is 2.20. The fourth-order valence-electron chi connectivity index (χ4n) is 2.08. The first-order valence-electron chi connectivity index (χ1n) is 5.37. The van der Waals surface area contributed by atoms with Gasteiger partial charge in [0.25, 0.3) is 0 Å². The molecule has 0 aliphatic carbocycles. The van der Waals surface area contributed by atoms with Gasteiger partial charge >= 0.3 is 0 Å². The molecule has 3 N–H and O–H groups in total. The molecule has 0 aromatic rings. The maximum absolute atomic E-state index is 5.79. The lowest BCUT2D eigenvalue weighted by molar-refractivity contribution is 0.145. The summed E-state index contributed by atoms with van der Waals surface area (Å²) >= 11 is 0. The molecule has 0 spiro atoms. The van der Waals surface area contributed by atoms with Crippen LogP contribution in [0.1, 0.15) is 26.2 Å². The zero-order valence-corrected chi connectivity index (χ0v) is 8.97. The minimum Gasteiger partial charge on any atom is -0.329 e. The quantitative estimate of drug-likeness (QED) is 0.666. The molecule has 0 saturated carbocycles. The molecule has 0 amide bonds. The summed E-state index contributed by atoms with van der Waals surface area (Å²) in [5.41, 5.74) is 6.01. The van der Waals surface area contributed by atoms with Gasteiger partial charge in [0.15, 0.2) is 0 Å². The van der Waals surface area contributed by atoms with E-state index in [4.69, 9.17) is 5.73 Å². The number of nitrogens with two attached hydrogens (primary N) is 1. The Morgan fingerprint density at radius 1 is 1.38 bits per heavy atom. The Morgan fingerprint density at radius 2 is 2.00 bits per heavy atom. The van der Waals surface area contributed by atoms with Crippen LogP contribution >= 0.6 is 0 Å². The van der Waals surface area contributed by atoms with Crippen LogP contribution in [0.2, 0.25) is 0 Å². The van der Waals surface area contributed by atoms with E-state index in [1.807, 2.05) is 7.05 Å². The number of piperidine rings is 1. The third-order valence-corrected chi connectivity index (χ3v) is 3.27. The second kappa shape index (κ2) is 4.94. The molecule has 78 valence electrons. The van der Waals surface area contributed by atoms with Crippen molar-refractivity contribution in [1.82, 2.24) is 10.2 Å². The topological polar surface area (TPSA) is 41.3 Å². The summed E-state index contributed by atoms with van der Waals surface area (Å²) in [4.78, 5) is 2.53. The molecule has 0 aromatic carbocycles. The SMILES string of the molecule is CCCN1CCC(CN)(NC)CC1. The van der Waals surface area contributed by atoms with Gasteiger partial charge in [-0.3, -0.25) is 0 Å². The molecule has 0 unspecified atom stereocenters. The smallest absolute Gasteiger partial charge is 0.0325 e. The van der Waals surface area contributed by atoms with Gasteiger partial charge in [0.2, 0.25) is 0 Å².